The number of carboxylic acid groups (broad SMARTS) is 1. The van der Waals surface area contributed by atoms with Gasteiger partial charge in [-0.15, -0.1) is 5.10 Å². The molecule has 1 aromatic heterocycles. The maximum atomic E-state index is 11.6. The van der Waals surface area contributed by atoms with Crippen molar-refractivity contribution in [1.82, 2.24) is 14.8 Å². The molecule has 180 valence electrons. The Hall–Kier alpha value is -3.29. The summed E-state index contributed by atoms with van der Waals surface area (Å²) in [6.45, 7) is 4.69. The molecule has 0 saturated carbocycles. The van der Waals surface area contributed by atoms with Gasteiger partial charge in [-0.25, -0.2) is 14.5 Å². The van der Waals surface area contributed by atoms with Crippen LogP contribution in [0.3, 0.4) is 0 Å². The average Bonchev–Trinajstić information content (AvgIpc) is 3.27. The summed E-state index contributed by atoms with van der Waals surface area (Å²) in [5.74, 6) is -0.581. The third-order valence-corrected chi connectivity index (χ3v) is 5.91. The van der Waals surface area contributed by atoms with Crippen LogP contribution in [0.1, 0.15) is 60.7 Å². The van der Waals surface area contributed by atoms with Crippen LogP contribution in [0.5, 0.6) is 0 Å². The van der Waals surface area contributed by atoms with E-state index in [1.807, 2.05) is 60.2 Å². The molecule has 3 rings (SSSR count). The van der Waals surface area contributed by atoms with Crippen LogP contribution in [-0.4, -0.2) is 40.1 Å². The minimum atomic E-state index is -0.976. The minimum Gasteiger partial charge on any atom is -0.478 e. The van der Waals surface area contributed by atoms with Crippen LogP contribution in [0.25, 0.3) is 11.1 Å². The Kier molecular flexibility index (Phi) is 8.73. The summed E-state index contributed by atoms with van der Waals surface area (Å²) in [7, 11) is 3.25. The lowest BCUT2D eigenvalue weighted by atomic mass is 9.98. The zero-order valence-corrected chi connectivity index (χ0v) is 20.3. The number of aromatic carboxylic acids is 1. The second-order valence-electron chi connectivity index (χ2n) is 8.09. The maximum Gasteiger partial charge on any atom is 0.336 e. The number of methoxy groups -OCH3 is 2. The van der Waals surface area contributed by atoms with Gasteiger partial charge in [0, 0.05) is 27.1 Å². The van der Waals surface area contributed by atoms with Gasteiger partial charge in [0.15, 0.2) is 0 Å². The molecule has 34 heavy (non-hydrogen) atoms. The molecule has 0 bridgehead atoms. The van der Waals surface area contributed by atoms with E-state index in [0.717, 1.165) is 29.8 Å². The molecule has 0 fully saturated rings. The molecule has 7 nitrogen and oxygen atoms in total. The number of benzene rings is 2. The molecule has 3 aromatic rings. The maximum absolute atomic E-state index is 11.6. The quantitative estimate of drug-likeness (QED) is 0.284. The first-order valence-corrected chi connectivity index (χ1v) is 11.5. The first-order valence-electron chi connectivity index (χ1n) is 11.5. The predicted molar refractivity (Wildman–Crippen MR) is 132 cm³/mol. The normalized spacial score (nSPS) is 11.9. The number of ether oxygens (including phenoxy) is 2. The number of hydrogen-bond donors (Lipinski definition) is 1. The van der Waals surface area contributed by atoms with Gasteiger partial charge in [0.25, 0.3) is 0 Å². The summed E-state index contributed by atoms with van der Waals surface area (Å²) in [5, 5.41) is 14.2. The Labute approximate surface area is 201 Å². The van der Waals surface area contributed by atoms with Gasteiger partial charge in [0.2, 0.25) is 11.6 Å². The Bertz CT molecular complexity index is 1120. The summed E-state index contributed by atoms with van der Waals surface area (Å²) >= 11 is 0. The number of unbranched alkanes of at least 4 members (excludes halogenated alkanes) is 1. The average molecular weight is 464 g/mol. The summed E-state index contributed by atoms with van der Waals surface area (Å²) < 4.78 is 13.4. The fourth-order valence-corrected chi connectivity index (χ4v) is 3.92. The molecule has 0 saturated heterocycles. The minimum absolute atomic E-state index is 0.286. The van der Waals surface area contributed by atoms with E-state index in [4.69, 9.17) is 19.6 Å². The van der Waals surface area contributed by atoms with Crippen molar-refractivity contribution >= 4 is 5.97 Å². The third kappa shape index (κ3) is 5.61. The molecule has 0 atom stereocenters. The number of aromatic nitrogens is 3. The van der Waals surface area contributed by atoms with Crippen LogP contribution in [0.2, 0.25) is 0 Å². The van der Waals surface area contributed by atoms with E-state index in [0.29, 0.717) is 30.8 Å². The van der Waals surface area contributed by atoms with Gasteiger partial charge in [0.1, 0.15) is 5.82 Å². The monoisotopic (exact) mass is 463 g/mol. The van der Waals surface area contributed by atoms with Gasteiger partial charge in [-0.2, -0.15) is 0 Å². The predicted octanol–water partition coefficient (Wildman–Crippen LogP) is 5.45. The highest BCUT2D eigenvalue weighted by molar-refractivity contribution is 5.95. The van der Waals surface area contributed by atoms with E-state index in [2.05, 4.69) is 6.92 Å². The number of carboxylic acids is 1. The summed E-state index contributed by atoms with van der Waals surface area (Å²) in [6.07, 6.45) is 7.19. The summed E-state index contributed by atoms with van der Waals surface area (Å²) in [6, 6.07) is 14.9. The van der Waals surface area contributed by atoms with Gasteiger partial charge in [-0.05, 0) is 36.1 Å². The lowest BCUT2D eigenvalue weighted by molar-refractivity contribution is -0.226. The molecule has 7 heteroatoms. The molecule has 0 aliphatic heterocycles. The lowest BCUT2D eigenvalue weighted by Gasteiger charge is -2.27. The van der Waals surface area contributed by atoms with Crippen molar-refractivity contribution < 1.29 is 19.4 Å². The largest absolute Gasteiger partial charge is 0.478 e. The summed E-state index contributed by atoms with van der Waals surface area (Å²) in [4.78, 5) is 16.4. The standard InChI is InChI=1S/C27H33N3O4/c1-5-7-17-27(33-3,34-4)26-28-24(30(29-26)18-8-6-2)19-20-13-15-21(16-14-20)22-11-9-10-12-23(22)25(31)32/h6,8-16H,5,7,17-19H2,1-4H3,(H,31,32)/b8-6+. The van der Waals surface area contributed by atoms with Crippen molar-refractivity contribution in [2.75, 3.05) is 14.2 Å². The van der Waals surface area contributed by atoms with Gasteiger partial charge in [-0.3, -0.25) is 0 Å². The Morgan fingerprint density at radius 1 is 1.12 bits per heavy atom. The fraction of sp³-hybridized carbons (Fsp3) is 0.370. The zero-order valence-electron chi connectivity index (χ0n) is 20.3. The van der Waals surface area contributed by atoms with Gasteiger partial charge in [-0.1, -0.05) is 68.0 Å². The highest BCUT2D eigenvalue weighted by atomic mass is 16.7. The van der Waals surface area contributed by atoms with Crippen molar-refractivity contribution in [2.45, 2.75) is 51.9 Å². The van der Waals surface area contributed by atoms with Crippen LogP contribution in [0.4, 0.5) is 0 Å². The molecule has 0 spiro atoms. The Balaban J connectivity index is 1.92. The van der Waals surface area contributed by atoms with Gasteiger partial charge < -0.3 is 14.6 Å². The lowest BCUT2D eigenvalue weighted by Crippen LogP contribution is -2.32. The Morgan fingerprint density at radius 3 is 2.44 bits per heavy atom. The van der Waals surface area contributed by atoms with Crippen LogP contribution in [0, 0.1) is 0 Å². The van der Waals surface area contributed by atoms with Crippen LogP contribution in [0.15, 0.2) is 60.7 Å². The number of carbonyl (C=O) groups is 1. The van der Waals surface area contributed by atoms with Crippen molar-refractivity contribution in [1.29, 1.82) is 0 Å². The molecular weight excluding hydrogens is 430 g/mol. The highest BCUT2D eigenvalue weighted by Gasteiger charge is 2.37. The van der Waals surface area contributed by atoms with Crippen molar-refractivity contribution in [3.05, 3.63) is 83.5 Å². The molecule has 0 aliphatic carbocycles. The van der Waals surface area contributed by atoms with Gasteiger partial charge >= 0.3 is 5.97 Å². The molecule has 1 N–H and O–H groups in total. The highest BCUT2D eigenvalue weighted by Crippen LogP contribution is 2.30. The first-order chi connectivity index (χ1) is 16.5. The second kappa shape index (κ2) is 11.7. The molecule has 0 radical (unpaired) electrons. The second-order valence-corrected chi connectivity index (χ2v) is 8.09. The van der Waals surface area contributed by atoms with Crippen molar-refractivity contribution in [3.8, 4) is 11.1 Å². The third-order valence-electron chi connectivity index (χ3n) is 5.91. The van der Waals surface area contributed by atoms with E-state index in [1.165, 1.54) is 0 Å². The van der Waals surface area contributed by atoms with E-state index >= 15 is 0 Å². The van der Waals surface area contributed by atoms with Crippen molar-refractivity contribution in [3.63, 3.8) is 0 Å². The fourth-order valence-electron chi connectivity index (χ4n) is 3.92. The Morgan fingerprint density at radius 2 is 1.82 bits per heavy atom. The number of hydrogen-bond acceptors (Lipinski definition) is 5. The molecule has 2 aromatic carbocycles. The smallest absolute Gasteiger partial charge is 0.336 e. The molecule has 1 heterocycles. The summed E-state index contributed by atoms with van der Waals surface area (Å²) in [5.41, 5.74) is 2.89. The zero-order chi connectivity index (χ0) is 24.6. The molecule has 0 amide bonds. The van der Waals surface area contributed by atoms with Crippen LogP contribution < -0.4 is 0 Å². The topological polar surface area (TPSA) is 86.5 Å². The van der Waals surface area contributed by atoms with E-state index in [1.54, 1.807) is 26.4 Å². The molecule has 0 aliphatic rings. The number of allylic oxidation sites excluding steroid dienone is 2. The molecule has 0 unspecified atom stereocenters. The van der Waals surface area contributed by atoms with Gasteiger partial charge in [0.05, 0.1) is 12.1 Å². The van der Waals surface area contributed by atoms with Crippen molar-refractivity contribution in [2.24, 2.45) is 0 Å². The number of rotatable bonds is 12. The number of nitrogens with zero attached hydrogens (tertiary/aromatic N) is 3. The van der Waals surface area contributed by atoms with E-state index in [-0.39, 0.29) is 5.56 Å². The van der Waals surface area contributed by atoms with Crippen LogP contribution in [-0.2, 0) is 28.2 Å². The SMILES string of the molecule is C/C=C/Cn1nc(C(CCCC)(OC)OC)nc1Cc1ccc(-c2ccccc2C(=O)O)cc1. The van der Waals surface area contributed by atoms with E-state index in [9.17, 15) is 9.90 Å². The van der Waals surface area contributed by atoms with Crippen LogP contribution >= 0.6 is 0 Å². The van der Waals surface area contributed by atoms with E-state index < -0.39 is 11.8 Å². The first kappa shape index (κ1) is 25.3. The molecular formula is C27H33N3O4.